The van der Waals surface area contributed by atoms with Crippen LogP contribution in [-0.4, -0.2) is 45.8 Å². The summed E-state index contributed by atoms with van der Waals surface area (Å²) < 4.78 is 5.31. The van der Waals surface area contributed by atoms with Gasteiger partial charge in [0.15, 0.2) is 5.69 Å². The van der Waals surface area contributed by atoms with Gasteiger partial charge in [-0.1, -0.05) is 0 Å². The largest absolute Gasteiger partial charge is 0.476 e. The number of carbonyl (C=O) groups is 1. The van der Waals surface area contributed by atoms with Gasteiger partial charge in [-0.3, -0.25) is 4.90 Å². The molecule has 0 unspecified atom stereocenters. The number of rotatable bonds is 7. The van der Waals surface area contributed by atoms with Gasteiger partial charge in [-0.25, -0.2) is 9.78 Å². The van der Waals surface area contributed by atoms with Crippen LogP contribution in [0.1, 0.15) is 54.9 Å². The maximum atomic E-state index is 10.9. The fraction of sp³-hybridized carbons (Fsp3) is 0.778. The van der Waals surface area contributed by atoms with Crippen molar-refractivity contribution in [3.63, 3.8) is 0 Å². The first-order valence-corrected chi connectivity index (χ1v) is 9.06. The zero-order chi connectivity index (χ0) is 16.7. The molecule has 4 aliphatic carbocycles. The Morgan fingerprint density at radius 1 is 1.25 bits per heavy atom. The standard InChI is InChI=1S/C18H26N2O4/c21-2-1-20(9-16-19-15(10-24-16)17(22)23)11-18-6-12-3-13(7-18)5-14(4-12)8-18/h10,12-14,21H,1-9,11H2,(H,22,23). The number of carboxylic acids is 1. The van der Waals surface area contributed by atoms with E-state index < -0.39 is 5.97 Å². The molecule has 1 heterocycles. The van der Waals surface area contributed by atoms with E-state index in [9.17, 15) is 9.90 Å². The third-order valence-electron chi connectivity index (χ3n) is 6.27. The summed E-state index contributed by atoms with van der Waals surface area (Å²) in [7, 11) is 0. The third-order valence-corrected chi connectivity index (χ3v) is 6.27. The van der Waals surface area contributed by atoms with Crippen molar-refractivity contribution >= 4 is 5.97 Å². The van der Waals surface area contributed by atoms with E-state index in [2.05, 4.69) is 9.88 Å². The molecule has 0 amide bonds. The summed E-state index contributed by atoms with van der Waals surface area (Å²) >= 11 is 0. The molecule has 0 saturated heterocycles. The molecule has 0 aromatic carbocycles. The third kappa shape index (κ3) is 3.09. The van der Waals surface area contributed by atoms with Crippen LogP contribution in [-0.2, 0) is 6.54 Å². The van der Waals surface area contributed by atoms with E-state index in [4.69, 9.17) is 9.52 Å². The molecule has 4 aliphatic rings. The predicted octanol–water partition coefficient (Wildman–Crippen LogP) is 2.38. The zero-order valence-corrected chi connectivity index (χ0v) is 14.0. The number of nitrogens with zero attached hydrogens (tertiary/aromatic N) is 2. The van der Waals surface area contributed by atoms with Gasteiger partial charge in [-0.15, -0.1) is 0 Å². The van der Waals surface area contributed by atoms with Gasteiger partial charge in [0, 0.05) is 13.1 Å². The number of hydrogen-bond acceptors (Lipinski definition) is 5. The topological polar surface area (TPSA) is 86.8 Å². The summed E-state index contributed by atoms with van der Waals surface area (Å²) in [5.41, 5.74) is 0.329. The van der Waals surface area contributed by atoms with Gasteiger partial charge < -0.3 is 14.6 Å². The highest BCUT2D eigenvalue weighted by atomic mass is 16.4. The van der Waals surface area contributed by atoms with E-state index in [1.165, 1.54) is 44.8 Å². The first kappa shape index (κ1) is 16.1. The summed E-state index contributed by atoms with van der Waals surface area (Å²) in [6.07, 6.45) is 9.38. The summed E-state index contributed by atoms with van der Waals surface area (Å²) in [5.74, 6) is 2.04. The Labute approximate surface area is 141 Å². The second-order valence-corrected chi connectivity index (χ2v) is 8.28. The maximum absolute atomic E-state index is 10.9. The number of aliphatic hydroxyl groups excluding tert-OH is 1. The van der Waals surface area contributed by atoms with Gasteiger partial charge in [-0.2, -0.15) is 0 Å². The summed E-state index contributed by atoms with van der Waals surface area (Å²) in [6, 6.07) is 0. The van der Waals surface area contributed by atoms with Gasteiger partial charge in [0.2, 0.25) is 5.89 Å². The van der Waals surface area contributed by atoms with Crippen LogP contribution in [0.3, 0.4) is 0 Å². The number of aromatic nitrogens is 1. The number of aliphatic hydroxyl groups is 1. The number of hydrogen-bond donors (Lipinski definition) is 2. The molecular weight excluding hydrogens is 308 g/mol. The highest BCUT2D eigenvalue weighted by molar-refractivity contribution is 5.84. The van der Waals surface area contributed by atoms with Gasteiger partial charge >= 0.3 is 5.97 Å². The molecule has 6 heteroatoms. The molecule has 6 nitrogen and oxygen atoms in total. The average Bonchev–Trinajstić information content (AvgIpc) is 2.94. The minimum Gasteiger partial charge on any atom is -0.476 e. The van der Waals surface area contributed by atoms with Crippen LogP contribution in [0.2, 0.25) is 0 Å². The lowest BCUT2D eigenvalue weighted by Crippen LogP contribution is -2.51. The summed E-state index contributed by atoms with van der Waals surface area (Å²) in [4.78, 5) is 17.2. The van der Waals surface area contributed by atoms with Crippen molar-refractivity contribution in [1.29, 1.82) is 0 Å². The molecule has 132 valence electrons. The highest BCUT2D eigenvalue weighted by Gasteiger charge is 2.51. The molecule has 1 aromatic heterocycles. The smallest absolute Gasteiger partial charge is 0.357 e. The molecule has 5 rings (SSSR count). The average molecular weight is 334 g/mol. The zero-order valence-electron chi connectivity index (χ0n) is 14.0. The first-order valence-electron chi connectivity index (χ1n) is 9.06. The molecule has 4 bridgehead atoms. The predicted molar refractivity (Wildman–Crippen MR) is 86.4 cm³/mol. The van der Waals surface area contributed by atoms with Crippen molar-refractivity contribution < 1.29 is 19.4 Å². The molecule has 0 aliphatic heterocycles. The van der Waals surface area contributed by atoms with Gasteiger partial charge in [0.25, 0.3) is 0 Å². The van der Waals surface area contributed by atoms with Crippen molar-refractivity contribution in [3.8, 4) is 0 Å². The van der Waals surface area contributed by atoms with E-state index in [-0.39, 0.29) is 12.3 Å². The fourth-order valence-electron chi connectivity index (χ4n) is 5.99. The van der Waals surface area contributed by atoms with Crippen LogP contribution in [0.25, 0.3) is 0 Å². The lowest BCUT2D eigenvalue weighted by atomic mass is 9.49. The first-order chi connectivity index (χ1) is 11.5. The van der Waals surface area contributed by atoms with Crippen LogP contribution < -0.4 is 0 Å². The Balaban J connectivity index is 1.46. The molecule has 0 radical (unpaired) electrons. The molecular formula is C18H26N2O4. The Hall–Kier alpha value is -1.40. The van der Waals surface area contributed by atoms with Crippen molar-refractivity contribution in [2.45, 2.75) is 45.1 Å². The van der Waals surface area contributed by atoms with Crippen LogP contribution in [0.15, 0.2) is 10.7 Å². The van der Waals surface area contributed by atoms with Crippen LogP contribution in [0.5, 0.6) is 0 Å². The Morgan fingerprint density at radius 3 is 2.38 bits per heavy atom. The van der Waals surface area contributed by atoms with Crippen LogP contribution in [0, 0.1) is 23.2 Å². The Morgan fingerprint density at radius 2 is 1.88 bits per heavy atom. The molecule has 4 saturated carbocycles. The minimum absolute atomic E-state index is 0.0521. The quantitative estimate of drug-likeness (QED) is 0.796. The van der Waals surface area contributed by atoms with Crippen LogP contribution >= 0.6 is 0 Å². The molecule has 1 aromatic rings. The normalized spacial score (nSPS) is 34.2. The van der Waals surface area contributed by atoms with E-state index in [0.717, 1.165) is 24.3 Å². The Kier molecular flexibility index (Phi) is 4.12. The molecule has 0 atom stereocenters. The van der Waals surface area contributed by atoms with Crippen molar-refractivity contribution in [2.24, 2.45) is 23.2 Å². The second-order valence-electron chi connectivity index (χ2n) is 8.28. The van der Waals surface area contributed by atoms with Gasteiger partial charge in [-0.05, 0) is 61.7 Å². The van der Waals surface area contributed by atoms with Gasteiger partial charge in [0.1, 0.15) is 6.26 Å². The minimum atomic E-state index is -1.07. The van der Waals surface area contributed by atoms with E-state index >= 15 is 0 Å². The van der Waals surface area contributed by atoms with Crippen molar-refractivity contribution in [1.82, 2.24) is 9.88 Å². The number of aromatic carboxylic acids is 1. The SMILES string of the molecule is O=C(O)c1coc(CN(CCO)CC23CC4CC(CC(C4)C2)C3)n1. The number of oxazole rings is 1. The fourth-order valence-corrected chi connectivity index (χ4v) is 5.99. The maximum Gasteiger partial charge on any atom is 0.357 e. The Bertz CT molecular complexity index is 577. The lowest BCUT2D eigenvalue weighted by molar-refractivity contribution is -0.0722. The molecule has 2 N–H and O–H groups in total. The molecule has 24 heavy (non-hydrogen) atoms. The lowest BCUT2D eigenvalue weighted by Gasteiger charge is -2.58. The monoisotopic (exact) mass is 334 g/mol. The second kappa shape index (κ2) is 6.15. The van der Waals surface area contributed by atoms with E-state index in [0.29, 0.717) is 24.4 Å². The molecule has 0 spiro atoms. The van der Waals surface area contributed by atoms with E-state index in [1.807, 2.05) is 0 Å². The van der Waals surface area contributed by atoms with E-state index in [1.54, 1.807) is 0 Å². The van der Waals surface area contributed by atoms with Crippen molar-refractivity contribution in [2.75, 3.05) is 19.7 Å². The van der Waals surface area contributed by atoms with Crippen molar-refractivity contribution in [3.05, 3.63) is 17.8 Å². The number of carboxylic acid groups (broad SMARTS) is 1. The van der Waals surface area contributed by atoms with Gasteiger partial charge in [0.05, 0.1) is 13.2 Å². The summed E-state index contributed by atoms with van der Waals surface area (Å²) in [5, 5.41) is 18.4. The highest BCUT2D eigenvalue weighted by Crippen LogP contribution is 2.60. The summed E-state index contributed by atoms with van der Waals surface area (Å²) in [6.45, 7) is 2.10. The molecule has 4 fully saturated rings. The van der Waals surface area contributed by atoms with Crippen LogP contribution in [0.4, 0.5) is 0 Å².